The molecule has 3 rings (SSSR count). The molecule has 0 saturated heterocycles. The number of nitrogens with one attached hydrogen (secondary N) is 1. The van der Waals surface area contributed by atoms with Crippen molar-refractivity contribution in [3.63, 3.8) is 0 Å². The van der Waals surface area contributed by atoms with E-state index in [0.29, 0.717) is 5.95 Å². The molecule has 0 aliphatic carbocycles. The Bertz CT molecular complexity index is 804. The molecule has 0 unspecified atom stereocenters. The van der Waals surface area contributed by atoms with Gasteiger partial charge in [0.2, 0.25) is 5.95 Å². The zero-order valence-corrected chi connectivity index (χ0v) is 12.8. The lowest BCUT2D eigenvalue weighted by Gasteiger charge is -2.10. The van der Waals surface area contributed by atoms with Crippen LogP contribution in [0.15, 0.2) is 24.3 Å². The summed E-state index contributed by atoms with van der Waals surface area (Å²) in [4.78, 5) is 9.20. The quantitative estimate of drug-likeness (QED) is 0.801. The van der Waals surface area contributed by atoms with Gasteiger partial charge in [-0.1, -0.05) is 12.1 Å². The summed E-state index contributed by atoms with van der Waals surface area (Å²) >= 11 is 0. The minimum Gasteiger partial charge on any atom is -0.354 e. The first-order valence-electron chi connectivity index (χ1n) is 7.15. The highest BCUT2D eigenvalue weighted by molar-refractivity contribution is 5.86. The van der Waals surface area contributed by atoms with Gasteiger partial charge in [0.1, 0.15) is 0 Å². The molecule has 0 amide bonds. The standard InChI is InChI=1S/C16H19N5/c1-5-17-16-18-14-9-7-6-8-13(14)15(19-16)21-12(4)10(2)11(3)20-21/h6-9H,5H2,1-4H3,(H,17,18,19). The third-order valence-corrected chi connectivity index (χ3v) is 3.77. The minimum atomic E-state index is 0.636. The van der Waals surface area contributed by atoms with Gasteiger partial charge in [0.15, 0.2) is 5.82 Å². The molecule has 5 heteroatoms. The molecule has 0 spiro atoms. The van der Waals surface area contributed by atoms with Crippen molar-refractivity contribution in [2.75, 3.05) is 11.9 Å². The summed E-state index contributed by atoms with van der Waals surface area (Å²) in [5.74, 6) is 1.46. The van der Waals surface area contributed by atoms with Crippen LogP contribution in [0.4, 0.5) is 5.95 Å². The molecule has 5 nitrogen and oxygen atoms in total. The van der Waals surface area contributed by atoms with Crippen LogP contribution >= 0.6 is 0 Å². The van der Waals surface area contributed by atoms with Gasteiger partial charge in [-0.3, -0.25) is 0 Å². The number of benzene rings is 1. The zero-order valence-electron chi connectivity index (χ0n) is 12.8. The van der Waals surface area contributed by atoms with Crippen molar-refractivity contribution in [3.05, 3.63) is 41.2 Å². The second-order valence-electron chi connectivity index (χ2n) is 5.13. The lowest BCUT2D eigenvalue weighted by Crippen LogP contribution is -2.09. The lowest BCUT2D eigenvalue weighted by atomic mass is 10.2. The van der Waals surface area contributed by atoms with Crippen LogP contribution in [0.3, 0.4) is 0 Å². The summed E-state index contributed by atoms with van der Waals surface area (Å²) in [5.41, 5.74) is 4.25. The number of hydrogen-bond donors (Lipinski definition) is 1. The molecule has 2 heterocycles. The fourth-order valence-electron chi connectivity index (χ4n) is 2.39. The maximum Gasteiger partial charge on any atom is 0.225 e. The molecule has 0 atom stereocenters. The molecule has 3 aromatic rings. The van der Waals surface area contributed by atoms with Gasteiger partial charge in [0, 0.05) is 17.6 Å². The Morgan fingerprint density at radius 3 is 2.52 bits per heavy atom. The number of fused-ring (bicyclic) bond motifs is 1. The average Bonchev–Trinajstić information content (AvgIpc) is 2.74. The third-order valence-electron chi connectivity index (χ3n) is 3.77. The molecule has 0 fully saturated rings. The normalized spacial score (nSPS) is 11.0. The fraction of sp³-hybridized carbons (Fsp3) is 0.312. The number of anilines is 1. The maximum atomic E-state index is 4.65. The predicted molar refractivity (Wildman–Crippen MR) is 85.0 cm³/mol. The molecular formula is C16H19N5. The Balaban J connectivity index is 2.31. The van der Waals surface area contributed by atoms with Gasteiger partial charge >= 0.3 is 0 Å². The van der Waals surface area contributed by atoms with Crippen LogP contribution in [0.2, 0.25) is 0 Å². The molecule has 0 saturated carbocycles. The first kappa shape index (κ1) is 13.5. The predicted octanol–water partition coefficient (Wildman–Crippen LogP) is 3.17. The van der Waals surface area contributed by atoms with Crippen molar-refractivity contribution in [1.29, 1.82) is 0 Å². The van der Waals surface area contributed by atoms with Crippen molar-refractivity contribution in [1.82, 2.24) is 19.7 Å². The number of nitrogens with zero attached hydrogens (tertiary/aromatic N) is 4. The Hall–Kier alpha value is -2.43. The summed E-state index contributed by atoms with van der Waals surface area (Å²) in [7, 11) is 0. The highest BCUT2D eigenvalue weighted by atomic mass is 15.3. The number of rotatable bonds is 3. The Morgan fingerprint density at radius 2 is 1.86 bits per heavy atom. The van der Waals surface area contributed by atoms with E-state index in [1.54, 1.807) is 0 Å². The smallest absolute Gasteiger partial charge is 0.225 e. The van der Waals surface area contributed by atoms with Crippen molar-refractivity contribution < 1.29 is 0 Å². The van der Waals surface area contributed by atoms with Crippen molar-refractivity contribution in [3.8, 4) is 5.82 Å². The fourth-order valence-corrected chi connectivity index (χ4v) is 2.39. The minimum absolute atomic E-state index is 0.636. The SMILES string of the molecule is CCNc1nc(-n2nc(C)c(C)c2C)c2ccccc2n1. The Kier molecular flexibility index (Phi) is 3.33. The first-order chi connectivity index (χ1) is 10.1. The highest BCUT2D eigenvalue weighted by Crippen LogP contribution is 2.23. The average molecular weight is 281 g/mol. The topological polar surface area (TPSA) is 55.6 Å². The largest absolute Gasteiger partial charge is 0.354 e. The molecule has 1 N–H and O–H groups in total. The van der Waals surface area contributed by atoms with Gasteiger partial charge in [-0.05, 0) is 45.4 Å². The molecule has 108 valence electrons. The molecule has 0 aliphatic heterocycles. The molecule has 0 radical (unpaired) electrons. The van der Waals surface area contributed by atoms with E-state index in [-0.39, 0.29) is 0 Å². The molecule has 21 heavy (non-hydrogen) atoms. The monoisotopic (exact) mass is 281 g/mol. The lowest BCUT2D eigenvalue weighted by molar-refractivity contribution is 0.810. The Labute approximate surface area is 124 Å². The summed E-state index contributed by atoms with van der Waals surface area (Å²) in [6.45, 7) is 8.99. The summed E-state index contributed by atoms with van der Waals surface area (Å²) in [6.07, 6.45) is 0. The molecular weight excluding hydrogens is 262 g/mol. The number of para-hydroxylation sites is 1. The maximum absolute atomic E-state index is 4.65. The van der Waals surface area contributed by atoms with E-state index in [4.69, 9.17) is 0 Å². The van der Waals surface area contributed by atoms with E-state index in [2.05, 4.69) is 34.2 Å². The van der Waals surface area contributed by atoms with Gasteiger partial charge in [-0.15, -0.1) is 0 Å². The number of hydrogen-bond acceptors (Lipinski definition) is 4. The molecule has 2 aromatic heterocycles. The van der Waals surface area contributed by atoms with Gasteiger partial charge in [-0.25, -0.2) is 9.67 Å². The number of aromatic nitrogens is 4. The van der Waals surface area contributed by atoms with Crippen LogP contribution < -0.4 is 5.32 Å². The van der Waals surface area contributed by atoms with E-state index in [0.717, 1.165) is 34.7 Å². The molecule has 0 aliphatic rings. The van der Waals surface area contributed by atoms with E-state index in [9.17, 15) is 0 Å². The second kappa shape index (κ2) is 5.16. The van der Waals surface area contributed by atoms with Crippen molar-refractivity contribution in [2.45, 2.75) is 27.7 Å². The van der Waals surface area contributed by atoms with Crippen LogP contribution in [0.25, 0.3) is 16.7 Å². The summed E-state index contributed by atoms with van der Waals surface area (Å²) < 4.78 is 1.91. The van der Waals surface area contributed by atoms with E-state index in [1.807, 2.05) is 42.8 Å². The van der Waals surface area contributed by atoms with E-state index >= 15 is 0 Å². The van der Waals surface area contributed by atoms with Crippen LogP contribution in [0.5, 0.6) is 0 Å². The van der Waals surface area contributed by atoms with Gasteiger partial charge < -0.3 is 5.32 Å². The molecule has 0 bridgehead atoms. The van der Waals surface area contributed by atoms with E-state index < -0.39 is 0 Å². The molecule has 1 aromatic carbocycles. The van der Waals surface area contributed by atoms with Crippen LogP contribution in [0.1, 0.15) is 23.9 Å². The van der Waals surface area contributed by atoms with Gasteiger partial charge in [0.05, 0.1) is 11.2 Å². The highest BCUT2D eigenvalue weighted by Gasteiger charge is 2.14. The third kappa shape index (κ3) is 2.24. The van der Waals surface area contributed by atoms with Crippen LogP contribution in [0, 0.1) is 20.8 Å². The zero-order chi connectivity index (χ0) is 15.0. The number of aryl methyl sites for hydroxylation is 1. The summed E-state index contributed by atoms with van der Waals surface area (Å²) in [5, 5.41) is 8.82. The van der Waals surface area contributed by atoms with Crippen molar-refractivity contribution in [2.24, 2.45) is 0 Å². The first-order valence-corrected chi connectivity index (χ1v) is 7.15. The second-order valence-corrected chi connectivity index (χ2v) is 5.13. The van der Waals surface area contributed by atoms with Gasteiger partial charge in [0.25, 0.3) is 0 Å². The van der Waals surface area contributed by atoms with E-state index in [1.165, 1.54) is 5.56 Å². The van der Waals surface area contributed by atoms with Crippen LogP contribution in [-0.4, -0.2) is 26.3 Å². The van der Waals surface area contributed by atoms with Gasteiger partial charge in [-0.2, -0.15) is 10.1 Å². The summed E-state index contributed by atoms with van der Waals surface area (Å²) in [6, 6.07) is 8.02. The van der Waals surface area contributed by atoms with Crippen LogP contribution in [-0.2, 0) is 0 Å². The Morgan fingerprint density at radius 1 is 1.10 bits per heavy atom. The van der Waals surface area contributed by atoms with Crippen molar-refractivity contribution >= 4 is 16.9 Å².